The third-order valence-corrected chi connectivity index (χ3v) is 4.82. The Balaban J connectivity index is 1.59. The van der Waals surface area contributed by atoms with Crippen molar-refractivity contribution in [3.63, 3.8) is 0 Å². The van der Waals surface area contributed by atoms with Crippen molar-refractivity contribution in [1.82, 2.24) is 4.90 Å². The summed E-state index contributed by atoms with van der Waals surface area (Å²) in [5.41, 5.74) is 3.83. The van der Waals surface area contributed by atoms with E-state index in [0.717, 1.165) is 11.6 Å². The van der Waals surface area contributed by atoms with Crippen molar-refractivity contribution in [3.05, 3.63) is 41.0 Å². The first-order chi connectivity index (χ1) is 9.72. The predicted molar refractivity (Wildman–Crippen MR) is 83.5 cm³/mol. The van der Waals surface area contributed by atoms with Crippen molar-refractivity contribution in [1.29, 1.82) is 0 Å². The first kappa shape index (κ1) is 13.8. The summed E-state index contributed by atoms with van der Waals surface area (Å²) in [5.74, 6) is 0. The summed E-state index contributed by atoms with van der Waals surface area (Å²) < 4.78 is 0. The fraction of sp³-hybridized carbons (Fsp3) is 0.556. The van der Waals surface area contributed by atoms with E-state index in [1.807, 2.05) is 19.1 Å². The Hall–Kier alpha value is -1.12. The van der Waals surface area contributed by atoms with Gasteiger partial charge in [0.05, 0.1) is 6.10 Å². The first-order valence-electron chi connectivity index (χ1n) is 7.94. The van der Waals surface area contributed by atoms with Crippen molar-refractivity contribution < 1.29 is 5.11 Å². The minimum Gasteiger partial charge on any atom is -0.389 e. The summed E-state index contributed by atoms with van der Waals surface area (Å²) >= 11 is 0. The molecule has 0 spiro atoms. The van der Waals surface area contributed by atoms with E-state index in [2.05, 4.69) is 23.1 Å². The molecule has 2 fully saturated rings. The van der Waals surface area contributed by atoms with Gasteiger partial charge in [0.1, 0.15) is 0 Å². The lowest BCUT2D eigenvalue weighted by Crippen LogP contribution is -2.43. The molecular formula is C18H25NO. The second-order valence-electron chi connectivity index (χ2n) is 6.27. The Morgan fingerprint density at radius 2 is 1.80 bits per heavy atom. The van der Waals surface area contributed by atoms with Crippen LogP contribution in [0.15, 0.2) is 29.8 Å². The van der Waals surface area contributed by atoms with Crippen LogP contribution in [0.2, 0.25) is 0 Å². The Kier molecular flexibility index (Phi) is 4.23. The van der Waals surface area contributed by atoms with Gasteiger partial charge in [0.25, 0.3) is 0 Å². The number of benzene rings is 1. The number of likely N-dealkylation sites (tertiary alicyclic amines) is 1. The highest BCUT2D eigenvalue weighted by Gasteiger charge is 2.26. The highest BCUT2D eigenvalue weighted by atomic mass is 16.3. The molecule has 3 rings (SSSR count). The second kappa shape index (κ2) is 6.11. The van der Waals surface area contributed by atoms with Crippen molar-refractivity contribution >= 4 is 6.08 Å². The molecule has 1 unspecified atom stereocenters. The number of piperidine rings is 1. The van der Waals surface area contributed by atoms with Gasteiger partial charge in [-0.3, -0.25) is 4.90 Å². The van der Waals surface area contributed by atoms with E-state index < -0.39 is 0 Å². The third-order valence-electron chi connectivity index (χ3n) is 4.82. The minimum absolute atomic E-state index is 0.373. The van der Waals surface area contributed by atoms with E-state index in [0.29, 0.717) is 0 Å². The van der Waals surface area contributed by atoms with Crippen LogP contribution >= 0.6 is 0 Å². The molecule has 1 atom stereocenters. The SMILES string of the molecule is CC(O)c1ccc(C=C2CCN(C3CCC3)CC2)cc1. The summed E-state index contributed by atoms with van der Waals surface area (Å²) in [5, 5.41) is 9.53. The summed E-state index contributed by atoms with van der Waals surface area (Å²) in [6.45, 7) is 4.29. The van der Waals surface area contributed by atoms with Crippen LogP contribution in [-0.4, -0.2) is 29.1 Å². The largest absolute Gasteiger partial charge is 0.389 e. The van der Waals surface area contributed by atoms with Gasteiger partial charge in [-0.15, -0.1) is 0 Å². The quantitative estimate of drug-likeness (QED) is 0.904. The fourth-order valence-electron chi connectivity index (χ4n) is 3.18. The maximum atomic E-state index is 9.53. The number of rotatable bonds is 3. The molecule has 1 aliphatic heterocycles. The van der Waals surface area contributed by atoms with Gasteiger partial charge < -0.3 is 5.11 Å². The molecule has 1 saturated carbocycles. The Morgan fingerprint density at radius 3 is 2.30 bits per heavy atom. The van der Waals surface area contributed by atoms with E-state index in [-0.39, 0.29) is 6.10 Å². The van der Waals surface area contributed by atoms with Gasteiger partial charge in [-0.1, -0.05) is 42.3 Å². The molecule has 2 heteroatoms. The summed E-state index contributed by atoms with van der Waals surface area (Å²) in [6, 6.07) is 9.18. The minimum atomic E-state index is -0.373. The molecule has 20 heavy (non-hydrogen) atoms. The molecule has 1 N–H and O–H groups in total. The zero-order valence-electron chi connectivity index (χ0n) is 12.4. The van der Waals surface area contributed by atoms with Crippen LogP contribution in [0.3, 0.4) is 0 Å². The molecule has 2 aliphatic rings. The van der Waals surface area contributed by atoms with Gasteiger partial charge in [-0.2, -0.15) is 0 Å². The van der Waals surface area contributed by atoms with Crippen molar-refractivity contribution in [2.75, 3.05) is 13.1 Å². The molecule has 0 bridgehead atoms. The van der Waals surface area contributed by atoms with E-state index >= 15 is 0 Å². The van der Waals surface area contributed by atoms with Crippen LogP contribution in [0.5, 0.6) is 0 Å². The molecule has 0 aromatic heterocycles. The Labute approximate surface area is 122 Å². The van der Waals surface area contributed by atoms with Crippen LogP contribution in [0.25, 0.3) is 6.08 Å². The monoisotopic (exact) mass is 271 g/mol. The van der Waals surface area contributed by atoms with E-state index in [1.165, 1.54) is 50.8 Å². The van der Waals surface area contributed by atoms with E-state index in [4.69, 9.17) is 0 Å². The lowest BCUT2D eigenvalue weighted by Gasteiger charge is -2.40. The summed E-state index contributed by atoms with van der Waals surface area (Å²) in [4.78, 5) is 2.68. The number of hydrogen-bond acceptors (Lipinski definition) is 2. The van der Waals surface area contributed by atoms with E-state index in [1.54, 1.807) is 5.57 Å². The molecule has 1 saturated heterocycles. The third kappa shape index (κ3) is 3.13. The maximum absolute atomic E-state index is 9.53. The van der Waals surface area contributed by atoms with Crippen LogP contribution < -0.4 is 0 Å². The average molecular weight is 271 g/mol. The number of hydrogen-bond donors (Lipinski definition) is 1. The Morgan fingerprint density at radius 1 is 1.15 bits per heavy atom. The lowest BCUT2D eigenvalue weighted by atomic mass is 9.89. The number of aliphatic hydroxyl groups excluding tert-OH is 1. The van der Waals surface area contributed by atoms with Crippen LogP contribution in [0.1, 0.15) is 56.3 Å². The van der Waals surface area contributed by atoms with Gasteiger partial charge in [0.2, 0.25) is 0 Å². The standard InChI is InChI=1S/C18H25NO/c1-14(20)17-7-5-15(6-8-17)13-16-9-11-19(12-10-16)18-3-2-4-18/h5-8,13-14,18,20H,2-4,9-12H2,1H3. The lowest BCUT2D eigenvalue weighted by molar-refractivity contribution is 0.118. The van der Waals surface area contributed by atoms with E-state index in [9.17, 15) is 5.11 Å². The molecule has 108 valence electrons. The van der Waals surface area contributed by atoms with Gasteiger partial charge in [0, 0.05) is 19.1 Å². The molecule has 1 heterocycles. The number of aliphatic hydroxyl groups is 1. The van der Waals surface area contributed by atoms with Gasteiger partial charge in [0.15, 0.2) is 0 Å². The zero-order valence-corrected chi connectivity index (χ0v) is 12.4. The first-order valence-corrected chi connectivity index (χ1v) is 7.94. The zero-order chi connectivity index (χ0) is 13.9. The smallest absolute Gasteiger partial charge is 0.0761 e. The normalized spacial score (nSPS) is 22.4. The molecule has 0 radical (unpaired) electrons. The van der Waals surface area contributed by atoms with Gasteiger partial charge in [-0.25, -0.2) is 0 Å². The molecule has 1 aromatic carbocycles. The molecule has 1 aliphatic carbocycles. The van der Waals surface area contributed by atoms with Crippen LogP contribution in [0, 0.1) is 0 Å². The molecule has 2 nitrogen and oxygen atoms in total. The van der Waals surface area contributed by atoms with Gasteiger partial charge >= 0.3 is 0 Å². The summed E-state index contributed by atoms with van der Waals surface area (Å²) in [7, 11) is 0. The number of nitrogens with zero attached hydrogens (tertiary/aromatic N) is 1. The van der Waals surface area contributed by atoms with Crippen LogP contribution in [0.4, 0.5) is 0 Å². The van der Waals surface area contributed by atoms with Crippen LogP contribution in [-0.2, 0) is 0 Å². The van der Waals surface area contributed by atoms with Crippen molar-refractivity contribution in [3.8, 4) is 0 Å². The van der Waals surface area contributed by atoms with Crippen molar-refractivity contribution in [2.45, 2.75) is 51.2 Å². The van der Waals surface area contributed by atoms with Crippen molar-refractivity contribution in [2.24, 2.45) is 0 Å². The predicted octanol–water partition coefficient (Wildman–Crippen LogP) is 3.77. The summed E-state index contributed by atoms with van der Waals surface area (Å²) in [6.07, 6.45) is 8.66. The molecule has 0 amide bonds. The highest BCUT2D eigenvalue weighted by Crippen LogP contribution is 2.29. The second-order valence-corrected chi connectivity index (χ2v) is 6.27. The molecule has 1 aromatic rings. The Bertz CT molecular complexity index is 461. The fourth-order valence-corrected chi connectivity index (χ4v) is 3.18. The molecular weight excluding hydrogens is 246 g/mol. The highest BCUT2D eigenvalue weighted by molar-refractivity contribution is 5.53. The topological polar surface area (TPSA) is 23.5 Å². The maximum Gasteiger partial charge on any atom is 0.0761 e. The van der Waals surface area contributed by atoms with Gasteiger partial charge in [-0.05, 0) is 43.7 Å². The average Bonchev–Trinajstić information content (AvgIpc) is 2.39.